The molecule has 1 unspecified atom stereocenters. The van der Waals surface area contributed by atoms with Gasteiger partial charge in [0.15, 0.2) is 0 Å². The fourth-order valence-electron chi connectivity index (χ4n) is 1.66. The van der Waals surface area contributed by atoms with E-state index in [1.54, 1.807) is 48.5 Å². The van der Waals surface area contributed by atoms with E-state index in [0.717, 1.165) is 4.47 Å². The van der Waals surface area contributed by atoms with Crippen LogP contribution in [0.3, 0.4) is 0 Å². The van der Waals surface area contributed by atoms with E-state index in [0.29, 0.717) is 16.1 Å². The van der Waals surface area contributed by atoms with Crippen molar-refractivity contribution in [2.45, 2.75) is 4.90 Å². The van der Waals surface area contributed by atoms with Crippen LogP contribution in [0.2, 0.25) is 0 Å². The number of rotatable bonds is 4. The first-order chi connectivity index (χ1) is 10.1. The SMILES string of the molecule is N#Cc1ccccc1NC(=O)CS(=O)c1ccc(Br)cc1. The van der Waals surface area contributed by atoms with E-state index in [1.807, 2.05) is 6.07 Å². The molecule has 0 fully saturated rings. The lowest BCUT2D eigenvalue weighted by molar-refractivity contribution is -0.113. The van der Waals surface area contributed by atoms with Crippen LogP contribution in [0.15, 0.2) is 57.9 Å². The monoisotopic (exact) mass is 362 g/mol. The lowest BCUT2D eigenvalue weighted by Crippen LogP contribution is -2.20. The van der Waals surface area contributed by atoms with Gasteiger partial charge in [0.1, 0.15) is 11.8 Å². The molecule has 0 aliphatic rings. The quantitative estimate of drug-likeness (QED) is 0.908. The summed E-state index contributed by atoms with van der Waals surface area (Å²) in [4.78, 5) is 12.5. The normalized spacial score (nSPS) is 11.4. The molecule has 0 heterocycles. The van der Waals surface area contributed by atoms with Crippen LogP contribution in [-0.4, -0.2) is 15.9 Å². The number of amides is 1. The average molecular weight is 363 g/mol. The van der Waals surface area contributed by atoms with Gasteiger partial charge in [-0.3, -0.25) is 9.00 Å². The Labute approximate surface area is 133 Å². The third-order valence-corrected chi connectivity index (χ3v) is 4.51. The Hall–Kier alpha value is -1.97. The molecule has 1 atom stereocenters. The summed E-state index contributed by atoms with van der Waals surface area (Å²) in [6.45, 7) is 0. The van der Waals surface area contributed by atoms with Crippen LogP contribution in [-0.2, 0) is 15.6 Å². The molecule has 0 aromatic heterocycles. The molecule has 0 saturated carbocycles. The Morgan fingerprint density at radius 1 is 1.19 bits per heavy atom. The Morgan fingerprint density at radius 3 is 2.52 bits per heavy atom. The van der Waals surface area contributed by atoms with E-state index in [4.69, 9.17) is 5.26 Å². The number of benzene rings is 2. The molecule has 6 heteroatoms. The minimum atomic E-state index is -1.42. The number of hydrogen-bond donors (Lipinski definition) is 1. The number of para-hydroxylation sites is 1. The predicted octanol–water partition coefficient (Wildman–Crippen LogP) is 3.07. The number of nitrogens with zero attached hydrogens (tertiary/aromatic N) is 1. The summed E-state index contributed by atoms with van der Waals surface area (Å²) in [5.74, 6) is -0.541. The van der Waals surface area contributed by atoms with Gasteiger partial charge in [-0.25, -0.2) is 0 Å². The highest BCUT2D eigenvalue weighted by atomic mass is 79.9. The number of nitriles is 1. The van der Waals surface area contributed by atoms with Crippen molar-refractivity contribution in [1.29, 1.82) is 5.26 Å². The summed E-state index contributed by atoms with van der Waals surface area (Å²) in [5.41, 5.74) is 0.804. The molecule has 2 aromatic carbocycles. The van der Waals surface area contributed by atoms with Crippen molar-refractivity contribution < 1.29 is 9.00 Å². The molecule has 0 radical (unpaired) electrons. The van der Waals surface area contributed by atoms with Crippen molar-refractivity contribution in [3.05, 3.63) is 58.6 Å². The molecule has 0 saturated heterocycles. The molecule has 0 aliphatic carbocycles. The molecule has 1 amide bonds. The van der Waals surface area contributed by atoms with E-state index in [9.17, 15) is 9.00 Å². The van der Waals surface area contributed by atoms with Crippen molar-refractivity contribution >= 4 is 38.3 Å². The van der Waals surface area contributed by atoms with E-state index in [1.165, 1.54) is 0 Å². The highest BCUT2D eigenvalue weighted by Crippen LogP contribution is 2.15. The first-order valence-electron chi connectivity index (χ1n) is 6.03. The average Bonchev–Trinajstić information content (AvgIpc) is 2.48. The molecule has 1 N–H and O–H groups in total. The van der Waals surface area contributed by atoms with Crippen LogP contribution in [0, 0.1) is 11.3 Å². The largest absolute Gasteiger partial charge is 0.324 e. The van der Waals surface area contributed by atoms with Crippen molar-refractivity contribution in [2.75, 3.05) is 11.1 Å². The fourth-order valence-corrected chi connectivity index (χ4v) is 2.85. The molecule has 4 nitrogen and oxygen atoms in total. The number of hydrogen-bond acceptors (Lipinski definition) is 3. The van der Waals surface area contributed by atoms with Gasteiger partial charge in [0, 0.05) is 9.37 Å². The van der Waals surface area contributed by atoms with Gasteiger partial charge in [-0.15, -0.1) is 0 Å². The van der Waals surface area contributed by atoms with Crippen molar-refractivity contribution in [3.8, 4) is 6.07 Å². The summed E-state index contributed by atoms with van der Waals surface area (Å²) in [5, 5.41) is 11.6. The second kappa shape index (κ2) is 7.16. The summed E-state index contributed by atoms with van der Waals surface area (Å²) in [6, 6.07) is 15.6. The van der Waals surface area contributed by atoms with E-state index < -0.39 is 10.8 Å². The zero-order valence-corrected chi connectivity index (χ0v) is 13.3. The smallest absolute Gasteiger partial charge is 0.237 e. The summed E-state index contributed by atoms with van der Waals surface area (Å²) in [7, 11) is -1.42. The maximum Gasteiger partial charge on any atom is 0.237 e. The third kappa shape index (κ3) is 4.25. The molecule has 21 heavy (non-hydrogen) atoms. The fraction of sp³-hybridized carbons (Fsp3) is 0.0667. The van der Waals surface area contributed by atoms with Crippen LogP contribution < -0.4 is 5.32 Å². The van der Waals surface area contributed by atoms with Gasteiger partial charge in [0.25, 0.3) is 0 Å². The van der Waals surface area contributed by atoms with Crippen molar-refractivity contribution in [1.82, 2.24) is 0 Å². The summed E-state index contributed by atoms with van der Waals surface area (Å²) in [6.07, 6.45) is 0. The van der Waals surface area contributed by atoms with Crippen molar-refractivity contribution in [2.24, 2.45) is 0 Å². The topological polar surface area (TPSA) is 70.0 Å². The van der Waals surface area contributed by atoms with Gasteiger partial charge in [0.05, 0.1) is 22.1 Å². The first-order valence-corrected chi connectivity index (χ1v) is 8.14. The first kappa shape index (κ1) is 15.4. The minimum absolute atomic E-state index is 0.151. The number of halogens is 1. The lowest BCUT2D eigenvalue weighted by Gasteiger charge is -2.07. The Kier molecular flexibility index (Phi) is 5.26. The number of carbonyl (C=O) groups excluding carboxylic acids is 1. The van der Waals surface area contributed by atoms with E-state index >= 15 is 0 Å². The zero-order chi connectivity index (χ0) is 15.2. The van der Waals surface area contributed by atoms with Crippen LogP contribution in [0.5, 0.6) is 0 Å². The standard InChI is InChI=1S/C15H11BrN2O2S/c16-12-5-7-13(8-6-12)21(20)10-15(19)18-14-4-2-1-3-11(14)9-17/h1-8H,10H2,(H,18,19). The zero-order valence-electron chi connectivity index (χ0n) is 10.9. The highest BCUT2D eigenvalue weighted by molar-refractivity contribution is 9.10. The van der Waals surface area contributed by atoms with Gasteiger partial charge in [0.2, 0.25) is 5.91 Å². The molecular formula is C15H11BrN2O2S. The van der Waals surface area contributed by atoms with Crippen LogP contribution in [0.25, 0.3) is 0 Å². The number of anilines is 1. The van der Waals surface area contributed by atoms with Crippen molar-refractivity contribution in [3.63, 3.8) is 0 Å². The maximum absolute atomic E-state index is 12.1. The van der Waals surface area contributed by atoms with Gasteiger partial charge in [-0.05, 0) is 36.4 Å². The molecule has 2 aromatic rings. The maximum atomic E-state index is 12.1. The van der Waals surface area contributed by atoms with Crippen LogP contribution >= 0.6 is 15.9 Å². The number of carbonyl (C=O) groups is 1. The van der Waals surface area contributed by atoms with Gasteiger partial charge in [-0.1, -0.05) is 28.1 Å². The van der Waals surface area contributed by atoms with Gasteiger partial charge < -0.3 is 5.32 Å². The lowest BCUT2D eigenvalue weighted by atomic mass is 10.2. The van der Waals surface area contributed by atoms with Gasteiger partial charge >= 0.3 is 0 Å². The highest BCUT2D eigenvalue weighted by Gasteiger charge is 2.12. The Balaban J connectivity index is 2.03. The molecule has 0 bridgehead atoms. The molecule has 0 aliphatic heterocycles. The molecular weight excluding hydrogens is 352 g/mol. The van der Waals surface area contributed by atoms with E-state index in [-0.39, 0.29) is 11.7 Å². The Morgan fingerprint density at radius 2 is 1.86 bits per heavy atom. The predicted molar refractivity (Wildman–Crippen MR) is 85.2 cm³/mol. The molecule has 106 valence electrons. The molecule has 0 spiro atoms. The molecule has 2 rings (SSSR count). The van der Waals surface area contributed by atoms with Crippen LogP contribution in [0.4, 0.5) is 5.69 Å². The number of nitrogens with one attached hydrogen (secondary N) is 1. The van der Waals surface area contributed by atoms with Crippen LogP contribution in [0.1, 0.15) is 5.56 Å². The second-order valence-electron chi connectivity index (χ2n) is 4.15. The third-order valence-electron chi connectivity index (χ3n) is 2.66. The Bertz CT molecular complexity index is 723. The summed E-state index contributed by atoms with van der Waals surface area (Å²) < 4.78 is 13.0. The minimum Gasteiger partial charge on any atom is -0.324 e. The summed E-state index contributed by atoms with van der Waals surface area (Å²) >= 11 is 3.30. The van der Waals surface area contributed by atoms with Gasteiger partial charge in [-0.2, -0.15) is 5.26 Å². The van der Waals surface area contributed by atoms with E-state index in [2.05, 4.69) is 21.2 Å². The second-order valence-corrected chi connectivity index (χ2v) is 6.52.